The molecular formula is C28H32ClN5OS. The zero-order chi connectivity index (χ0) is 25.2. The highest BCUT2D eigenvalue weighted by atomic mass is 35.5. The molecule has 0 bridgehead atoms. The minimum absolute atomic E-state index is 0.0693. The van der Waals surface area contributed by atoms with Crippen molar-refractivity contribution in [3.8, 4) is 0 Å². The fourth-order valence-electron chi connectivity index (χ4n) is 5.22. The van der Waals surface area contributed by atoms with Crippen molar-refractivity contribution in [1.29, 1.82) is 0 Å². The SMILES string of the molecule is CC(C)C(=O)Nc1ccc(N2C(=S)N[C@@H](c3ccccn3)[C@@H]2c2ccn(C3CCCCC3)c2)cc1Cl. The zero-order valence-corrected chi connectivity index (χ0v) is 22.2. The molecule has 1 saturated carbocycles. The Bertz CT molecular complexity index is 1240. The molecule has 1 aliphatic carbocycles. The van der Waals surface area contributed by atoms with E-state index in [4.69, 9.17) is 23.8 Å². The fourth-order valence-corrected chi connectivity index (χ4v) is 5.78. The monoisotopic (exact) mass is 521 g/mol. The van der Waals surface area contributed by atoms with Crippen LogP contribution in [0.4, 0.5) is 11.4 Å². The van der Waals surface area contributed by atoms with Gasteiger partial charge < -0.3 is 20.1 Å². The van der Waals surface area contributed by atoms with E-state index in [0.29, 0.717) is 21.9 Å². The number of aromatic nitrogens is 2. The standard InChI is InChI=1S/C28H32ClN5OS/c1-18(2)27(35)31-23-12-11-21(16-22(23)29)34-26(25(32-28(34)36)24-10-6-7-14-30-24)19-13-15-33(17-19)20-8-4-3-5-9-20/h6-7,10-18,20,25-26H,3-5,8-9H2,1-2H3,(H,31,35)(H,32,36)/t25-,26-/m0/s1. The number of anilines is 2. The van der Waals surface area contributed by atoms with Gasteiger partial charge >= 0.3 is 0 Å². The van der Waals surface area contributed by atoms with Gasteiger partial charge in [-0.3, -0.25) is 9.78 Å². The number of amides is 1. The lowest BCUT2D eigenvalue weighted by atomic mass is 9.95. The number of nitrogens with zero attached hydrogens (tertiary/aromatic N) is 3. The van der Waals surface area contributed by atoms with E-state index in [1.807, 2.05) is 56.4 Å². The molecule has 0 radical (unpaired) electrons. The third-order valence-corrected chi connectivity index (χ3v) is 7.81. The second-order valence-corrected chi connectivity index (χ2v) is 10.8. The minimum atomic E-state index is -0.132. The van der Waals surface area contributed by atoms with Gasteiger partial charge in [0.15, 0.2) is 5.11 Å². The maximum Gasteiger partial charge on any atom is 0.226 e. The van der Waals surface area contributed by atoms with Crippen LogP contribution < -0.4 is 15.5 Å². The molecule has 188 valence electrons. The van der Waals surface area contributed by atoms with Crippen molar-refractivity contribution in [3.63, 3.8) is 0 Å². The van der Waals surface area contributed by atoms with Gasteiger partial charge in [0.05, 0.1) is 28.5 Å². The maximum atomic E-state index is 12.2. The summed E-state index contributed by atoms with van der Waals surface area (Å²) in [5.41, 5.74) is 3.58. The van der Waals surface area contributed by atoms with E-state index in [-0.39, 0.29) is 23.9 Å². The lowest BCUT2D eigenvalue weighted by Gasteiger charge is -2.28. The molecule has 5 rings (SSSR count). The summed E-state index contributed by atoms with van der Waals surface area (Å²) in [5.74, 6) is -0.201. The first-order valence-corrected chi connectivity index (χ1v) is 13.5. The quantitative estimate of drug-likeness (QED) is 0.349. The second-order valence-electron chi connectivity index (χ2n) is 9.99. The first kappa shape index (κ1) is 24.8. The molecule has 1 amide bonds. The predicted octanol–water partition coefficient (Wildman–Crippen LogP) is 6.81. The Morgan fingerprint density at radius 3 is 2.67 bits per heavy atom. The van der Waals surface area contributed by atoms with Crippen molar-refractivity contribution in [2.45, 2.75) is 64.1 Å². The maximum absolute atomic E-state index is 12.2. The Kier molecular flexibility index (Phi) is 7.30. The second kappa shape index (κ2) is 10.6. The van der Waals surface area contributed by atoms with Gasteiger partial charge in [-0.15, -0.1) is 0 Å². The molecule has 2 fully saturated rings. The number of carbonyl (C=O) groups excluding carboxylic acids is 1. The number of benzene rings is 1. The van der Waals surface area contributed by atoms with Crippen LogP contribution in [-0.2, 0) is 4.79 Å². The van der Waals surface area contributed by atoms with Gasteiger partial charge in [0.25, 0.3) is 0 Å². The number of thiocarbonyl (C=S) groups is 1. The van der Waals surface area contributed by atoms with Crippen molar-refractivity contribution >= 4 is 46.2 Å². The number of pyridine rings is 1. The number of carbonyl (C=O) groups is 1. The average Bonchev–Trinajstić information content (AvgIpc) is 3.51. The highest BCUT2D eigenvalue weighted by Crippen LogP contribution is 2.43. The molecule has 1 aromatic carbocycles. The Hall–Kier alpha value is -2.90. The van der Waals surface area contributed by atoms with Crippen molar-refractivity contribution in [2.75, 3.05) is 10.2 Å². The Morgan fingerprint density at radius 2 is 1.97 bits per heavy atom. The summed E-state index contributed by atoms with van der Waals surface area (Å²) < 4.78 is 2.38. The summed E-state index contributed by atoms with van der Waals surface area (Å²) in [7, 11) is 0. The first-order valence-electron chi connectivity index (χ1n) is 12.7. The summed E-state index contributed by atoms with van der Waals surface area (Å²) in [6, 6.07) is 14.2. The van der Waals surface area contributed by atoms with Crippen LogP contribution in [0.15, 0.2) is 61.1 Å². The lowest BCUT2D eigenvalue weighted by molar-refractivity contribution is -0.118. The van der Waals surface area contributed by atoms with Gasteiger partial charge in [-0.1, -0.05) is 50.8 Å². The Balaban J connectivity index is 1.51. The topological polar surface area (TPSA) is 62.2 Å². The third kappa shape index (κ3) is 5.00. The molecule has 8 heteroatoms. The molecule has 6 nitrogen and oxygen atoms in total. The molecule has 1 saturated heterocycles. The summed E-state index contributed by atoms with van der Waals surface area (Å²) >= 11 is 12.5. The lowest BCUT2D eigenvalue weighted by Crippen LogP contribution is -2.29. The number of nitrogens with one attached hydrogen (secondary N) is 2. The number of hydrogen-bond donors (Lipinski definition) is 2. The smallest absolute Gasteiger partial charge is 0.226 e. The predicted molar refractivity (Wildman–Crippen MR) is 149 cm³/mol. The van der Waals surface area contributed by atoms with Gasteiger partial charge in [-0.25, -0.2) is 0 Å². The molecule has 2 aromatic heterocycles. The van der Waals surface area contributed by atoms with Crippen LogP contribution in [0.1, 0.15) is 75.3 Å². The van der Waals surface area contributed by atoms with Crippen LogP contribution in [0.2, 0.25) is 5.02 Å². The van der Waals surface area contributed by atoms with Crippen LogP contribution >= 0.6 is 23.8 Å². The third-order valence-electron chi connectivity index (χ3n) is 7.19. The van der Waals surface area contributed by atoms with Crippen LogP contribution in [-0.4, -0.2) is 20.6 Å². The van der Waals surface area contributed by atoms with E-state index in [2.05, 4.69) is 43.5 Å². The fraction of sp³-hybridized carbons (Fsp3) is 0.393. The molecule has 1 aliphatic heterocycles. The molecule has 0 spiro atoms. The summed E-state index contributed by atoms with van der Waals surface area (Å²) in [6.45, 7) is 3.71. The summed E-state index contributed by atoms with van der Waals surface area (Å²) in [5, 5.41) is 7.51. The van der Waals surface area contributed by atoms with Gasteiger partial charge in [-0.05, 0) is 67.0 Å². The molecule has 2 aliphatic rings. The molecule has 3 aromatic rings. The van der Waals surface area contributed by atoms with E-state index < -0.39 is 0 Å². The largest absolute Gasteiger partial charge is 0.351 e. The summed E-state index contributed by atoms with van der Waals surface area (Å²) in [6.07, 6.45) is 12.6. The van der Waals surface area contributed by atoms with Crippen molar-refractivity contribution in [2.24, 2.45) is 5.92 Å². The van der Waals surface area contributed by atoms with E-state index in [1.54, 1.807) is 0 Å². The molecule has 2 atom stereocenters. The minimum Gasteiger partial charge on any atom is -0.351 e. The normalized spacial score (nSPS) is 20.6. The summed E-state index contributed by atoms with van der Waals surface area (Å²) in [4.78, 5) is 19.0. The highest BCUT2D eigenvalue weighted by Gasteiger charge is 2.41. The van der Waals surface area contributed by atoms with Crippen molar-refractivity contribution in [1.82, 2.24) is 14.9 Å². The number of hydrogen-bond acceptors (Lipinski definition) is 3. The van der Waals surface area contributed by atoms with Crippen molar-refractivity contribution in [3.05, 3.63) is 77.3 Å². The molecule has 0 unspecified atom stereocenters. The number of rotatable bonds is 6. The van der Waals surface area contributed by atoms with Gasteiger partial charge in [0.1, 0.15) is 0 Å². The highest BCUT2D eigenvalue weighted by molar-refractivity contribution is 7.80. The van der Waals surface area contributed by atoms with Crippen molar-refractivity contribution < 1.29 is 4.79 Å². The first-order chi connectivity index (χ1) is 17.4. The molecule has 2 N–H and O–H groups in total. The van der Waals surface area contributed by atoms with Crippen LogP contribution in [0, 0.1) is 5.92 Å². The van der Waals surface area contributed by atoms with Crippen LogP contribution in [0.25, 0.3) is 0 Å². The zero-order valence-electron chi connectivity index (χ0n) is 20.7. The van der Waals surface area contributed by atoms with Crippen LogP contribution in [0.3, 0.4) is 0 Å². The van der Waals surface area contributed by atoms with Crippen LogP contribution in [0.5, 0.6) is 0 Å². The van der Waals surface area contributed by atoms with E-state index in [9.17, 15) is 4.79 Å². The Labute approximate surface area is 223 Å². The number of halogens is 1. The molecule has 3 heterocycles. The van der Waals surface area contributed by atoms with Gasteiger partial charge in [0, 0.05) is 36.2 Å². The molecule has 36 heavy (non-hydrogen) atoms. The average molecular weight is 522 g/mol. The van der Waals surface area contributed by atoms with Gasteiger partial charge in [-0.2, -0.15) is 0 Å². The van der Waals surface area contributed by atoms with Gasteiger partial charge in [0.2, 0.25) is 5.91 Å². The van der Waals surface area contributed by atoms with E-state index in [1.165, 1.54) is 37.7 Å². The molecular weight excluding hydrogens is 490 g/mol. The van der Waals surface area contributed by atoms with E-state index >= 15 is 0 Å². The Morgan fingerprint density at radius 1 is 1.17 bits per heavy atom. The van der Waals surface area contributed by atoms with E-state index in [0.717, 1.165) is 11.4 Å².